The van der Waals surface area contributed by atoms with Crippen LogP contribution in [0.3, 0.4) is 0 Å². The maximum atomic E-state index is 13.3. The van der Waals surface area contributed by atoms with Crippen LogP contribution in [0.25, 0.3) is 16.4 Å². The van der Waals surface area contributed by atoms with Gasteiger partial charge in [-0.3, -0.25) is 9.59 Å². The van der Waals surface area contributed by atoms with E-state index in [9.17, 15) is 14.0 Å². The van der Waals surface area contributed by atoms with Crippen LogP contribution in [-0.2, 0) is 4.79 Å². The Morgan fingerprint density at radius 2 is 1.84 bits per heavy atom. The van der Waals surface area contributed by atoms with E-state index in [4.69, 9.17) is 10.5 Å². The number of carbonyl (C=O) groups excluding carboxylic acids is 2. The molecule has 0 saturated heterocycles. The van der Waals surface area contributed by atoms with E-state index < -0.39 is 11.8 Å². The standard InChI is InChI=1S/C21H16FN5O3S/c22-13-3-7-15(8-4-13)27-20(17-2-1-11-31-17)25-19(26-27)21(29)24-14-5-9-16(10-6-14)30-12-18(23)28/h1-11H,12H2,(H2,23,28)(H,24,29). The van der Waals surface area contributed by atoms with Crippen LogP contribution in [0.15, 0.2) is 66.0 Å². The summed E-state index contributed by atoms with van der Waals surface area (Å²) in [5.41, 5.74) is 6.11. The van der Waals surface area contributed by atoms with E-state index in [0.717, 1.165) is 4.88 Å². The molecule has 4 aromatic rings. The summed E-state index contributed by atoms with van der Waals surface area (Å²) >= 11 is 1.45. The molecule has 0 aliphatic heterocycles. The molecule has 0 saturated carbocycles. The van der Waals surface area contributed by atoms with Crippen molar-refractivity contribution >= 4 is 28.8 Å². The number of rotatable bonds is 7. The van der Waals surface area contributed by atoms with Gasteiger partial charge < -0.3 is 15.8 Å². The van der Waals surface area contributed by atoms with Crippen molar-refractivity contribution < 1.29 is 18.7 Å². The first kappa shape index (κ1) is 20.2. The number of aromatic nitrogens is 3. The summed E-state index contributed by atoms with van der Waals surface area (Å²) in [5.74, 6) is -0.590. The Balaban J connectivity index is 1.57. The van der Waals surface area contributed by atoms with Gasteiger partial charge in [0.2, 0.25) is 5.82 Å². The van der Waals surface area contributed by atoms with E-state index in [0.29, 0.717) is 22.9 Å². The lowest BCUT2D eigenvalue weighted by molar-refractivity contribution is -0.119. The minimum Gasteiger partial charge on any atom is -0.484 e. The van der Waals surface area contributed by atoms with Crippen LogP contribution in [0.2, 0.25) is 0 Å². The van der Waals surface area contributed by atoms with Crippen molar-refractivity contribution in [1.82, 2.24) is 14.8 Å². The molecule has 8 nitrogen and oxygen atoms in total. The number of amides is 2. The second-order valence-electron chi connectivity index (χ2n) is 6.36. The fourth-order valence-electron chi connectivity index (χ4n) is 2.71. The summed E-state index contributed by atoms with van der Waals surface area (Å²) in [4.78, 5) is 28.7. The lowest BCUT2D eigenvalue weighted by atomic mass is 10.3. The minimum absolute atomic E-state index is 0.0400. The first-order valence-corrected chi connectivity index (χ1v) is 9.97. The van der Waals surface area contributed by atoms with Crippen molar-refractivity contribution in [3.63, 3.8) is 0 Å². The van der Waals surface area contributed by atoms with Crippen molar-refractivity contribution in [3.8, 4) is 22.1 Å². The van der Waals surface area contributed by atoms with Gasteiger partial charge in [0.25, 0.3) is 11.8 Å². The zero-order chi connectivity index (χ0) is 21.8. The number of carbonyl (C=O) groups is 2. The topological polar surface area (TPSA) is 112 Å². The van der Waals surface area contributed by atoms with E-state index in [1.165, 1.54) is 28.2 Å². The molecule has 0 bridgehead atoms. The molecule has 0 spiro atoms. The fraction of sp³-hybridized carbons (Fsp3) is 0.0476. The maximum Gasteiger partial charge on any atom is 0.295 e. The lowest BCUT2D eigenvalue weighted by Gasteiger charge is -2.06. The van der Waals surface area contributed by atoms with E-state index in [-0.39, 0.29) is 18.2 Å². The maximum absolute atomic E-state index is 13.3. The summed E-state index contributed by atoms with van der Waals surface area (Å²) in [6, 6.07) is 15.9. The molecule has 2 aromatic carbocycles. The quantitative estimate of drug-likeness (QED) is 0.461. The van der Waals surface area contributed by atoms with E-state index >= 15 is 0 Å². The van der Waals surface area contributed by atoms with Crippen LogP contribution in [0.5, 0.6) is 5.75 Å². The van der Waals surface area contributed by atoms with Crippen molar-refractivity contribution in [2.24, 2.45) is 5.73 Å². The number of nitrogens with zero attached hydrogens (tertiary/aromatic N) is 3. The second-order valence-corrected chi connectivity index (χ2v) is 7.31. The van der Waals surface area contributed by atoms with Gasteiger partial charge in [-0.15, -0.1) is 16.4 Å². The van der Waals surface area contributed by atoms with Crippen LogP contribution in [0.4, 0.5) is 10.1 Å². The Morgan fingerprint density at radius 1 is 1.10 bits per heavy atom. The molecule has 2 aromatic heterocycles. The molecule has 10 heteroatoms. The molecule has 2 amide bonds. The van der Waals surface area contributed by atoms with Crippen molar-refractivity contribution in [1.29, 1.82) is 0 Å². The Morgan fingerprint density at radius 3 is 2.48 bits per heavy atom. The highest BCUT2D eigenvalue weighted by molar-refractivity contribution is 7.13. The molecule has 0 unspecified atom stereocenters. The molecule has 156 valence electrons. The number of anilines is 1. The first-order valence-electron chi connectivity index (χ1n) is 9.09. The van der Waals surface area contributed by atoms with E-state index in [1.807, 2.05) is 17.5 Å². The highest BCUT2D eigenvalue weighted by Crippen LogP contribution is 2.26. The zero-order valence-electron chi connectivity index (χ0n) is 16.0. The third-order valence-corrected chi connectivity index (χ3v) is 4.98. The molecule has 0 aliphatic carbocycles. The Bertz CT molecular complexity index is 1210. The number of thiophene rings is 1. The zero-order valence-corrected chi connectivity index (χ0v) is 16.8. The van der Waals surface area contributed by atoms with Crippen LogP contribution in [0, 0.1) is 5.82 Å². The number of nitrogens with one attached hydrogen (secondary N) is 1. The number of primary amides is 1. The molecule has 0 radical (unpaired) electrons. The molecule has 0 atom stereocenters. The predicted octanol–water partition coefficient (Wildman–Crippen LogP) is 3.25. The van der Waals surface area contributed by atoms with Gasteiger partial charge in [0.15, 0.2) is 12.4 Å². The van der Waals surface area contributed by atoms with Gasteiger partial charge in [0.05, 0.1) is 10.6 Å². The normalized spacial score (nSPS) is 10.6. The van der Waals surface area contributed by atoms with Gasteiger partial charge in [-0.05, 0) is 60.0 Å². The number of halogens is 1. The van der Waals surface area contributed by atoms with Crippen LogP contribution in [-0.4, -0.2) is 33.2 Å². The van der Waals surface area contributed by atoms with Gasteiger partial charge >= 0.3 is 0 Å². The molecule has 3 N–H and O–H groups in total. The molecule has 0 aliphatic rings. The minimum atomic E-state index is -0.582. The van der Waals surface area contributed by atoms with Crippen molar-refractivity contribution in [3.05, 3.63) is 77.7 Å². The SMILES string of the molecule is NC(=O)COc1ccc(NC(=O)c2nc(-c3cccs3)n(-c3ccc(F)cc3)n2)cc1. The third-order valence-electron chi connectivity index (χ3n) is 4.12. The van der Waals surface area contributed by atoms with Gasteiger partial charge in [-0.25, -0.2) is 14.1 Å². The molecular weight excluding hydrogens is 421 g/mol. The second kappa shape index (κ2) is 8.76. The lowest BCUT2D eigenvalue weighted by Crippen LogP contribution is -2.20. The van der Waals surface area contributed by atoms with E-state index in [1.54, 1.807) is 36.4 Å². The Hall–Kier alpha value is -4.05. The molecule has 0 fully saturated rings. The van der Waals surface area contributed by atoms with Crippen molar-refractivity contribution in [2.75, 3.05) is 11.9 Å². The highest BCUT2D eigenvalue weighted by atomic mass is 32.1. The third kappa shape index (κ3) is 4.75. The van der Waals surface area contributed by atoms with E-state index in [2.05, 4.69) is 15.4 Å². The smallest absolute Gasteiger partial charge is 0.295 e. The first-order chi connectivity index (χ1) is 15.0. The molecular formula is C21H16FN5O3S. The van der Waals surface area contributed by atoms with Gasteiger partial charge in [0, 0.05) is 5.69 Å². The summed E-state index contributed by atoms with van der Waals surface area (Å²) < 4.78 is 20.0. The number of hydrogen-bond acceptors (Lipinski definition) is 6. The van der Waals surface area contributed by atoms with Crippen LogP contribution in [0.1, 0.15) is 10.6 Å². The summed E-state index contributed by atoms with van der Waals surface area (Å²) in [5, 5.41) is 8.94. The summed E-state index contributed by atoms with van der Waals surface area (Å²) in [6.45, 7) is -0.234. The largest absolute Gasteiger partial charge is 0.484 e. The molecule has 2 heterocycles. The average molecular weight is 437 g/mol. The van der Waals surface area contributed by atoms with Crippen LogP contribution < -0.4 is 15.8 Å². The van der Waals surface area contributed by atoms with Gasteiger partial charge in [0.1, 0.15) is 11.6 Å². The molecule has 31 heavy (non-hydrogen) atoms. The van der Waals surface area contributed by atoms with Crippen LogP contribution >= 0.6 is 11.3 Å². The number of ether oxygens (including phenoxy) is 1. The average Bonchev–Trinajstić information content (AvgIpc) is 3.44. The highest BCUT2D eigenvalue weighted by Gasteiger charge is 2.19. The van der Waals surface area contributed by atoms with Gasteiger partial charge in [-0.1, -0.05) is 6.07 Å². The number of hydrogen-bond donors (Lipinski definition) is 2. The summed E-state index contributed by atoms with van der Waals surface area (Å²) in [7, 11) is 0. The molecule has 4 rings (SSSR count). The predicted molar refractivity (Wildman–Crippen MR) is 114 cm³/mol. The fourth-order valence-corrected chi connectivity index (χ4v) is 3.41. The summed E-state index contributed by atoms with van der Waals surface area (Å²) in [6.07, 6.45) is 0. The Labute approximate surface area is 180 Å². The monoisotopic (exact) mass is 437 g/mol. The van der Waals surface area contributed by atoms with Crippen molar-refractivity contribution in [2.45, 2.75) is 0 Å². The number of nitrogens with two attached hydrogens (primary N) is 1. The number of benzene rings is 2. The Kier molecular flexibility index (Phi) is 5.72. The van der Waals surface area contributed by atoms with Gasteiger partial charge in [-0.2, -0.15) is 0 Å².